The van der Waals surface area contributed by atoms with Gasteiger partial charge in [0.25, 0.3) is 5.91 Å². The maximum atomic E-state index is 14.6. The van der Waals surface area contributed by atoms with E-state index in [1.807, 2.05) is 11.0 Å². The molecule has 1 aliphatic rings. The van der Waals surface area contributed by atoms with E-state index in [0.29, 0.717) is 21.9 Å². The van der Waals surface area contributed by atoms with E-state index >= 15 is 0 Å². The van der Waals surface area contributed by atoms with Gasteiger partial charge in [-0.1, -0.05) is 24.3 Å². The first-order valence-corrected chi connectivity index (χ1v) is 9.90. The monoisotopic (exact) mass is 397 g/mol. The second-order valence-corrected chi connectivity index (χ2v) is 7.90. The molecule has 0 bridgehead atoms. The van der Waals surface area contributed by atoms with Crippen LogP contribution in [0.2, 0.25) is 0 Å². The molecule has 0 unspecified atom stereocenters. The molecule has 0 radical (unpaired) electrons. The van der Waals surface area contributed by atoms with Gasteiger partial charge in [-0.15, -0.1) is 11.3 Å². The highest BCUT2D eigenvalue weighted by atomic mass is 32.1. The zero-order valence-electron chi connectivity index (χ0n) is 15.4. The Morgan fingerprint density at radius 1 is 1.21 bits per heavy atom. The summed E-state index contributed by atoms with van der Waals surface area (Å²) in [5.74, 6) is -0.120. The minimum absolute atomic E-state index is 0.0644. The van der Waals surface area contributed by atoms with E-state index < -0.39 is 5.82 Å². The predicted molar refractivity (Wildman–Crippen MR) is 107 cm³/mol. The third kappa shape index (κ3) is 3.73. The fraction of sp³-hybridized carbons (Fsp3) is 0.227. The molecule has 2 aromatic carbocycles. The number of hydrogen-bond donors (Lipinski definition) is 1. The second-order valence-electron chi connectivity index (χ2n) is 6.82. The molecule has 1 amide bonds. The lowest BCUT2D eigenvalue weighted by molar-refractivity contribution is 0.0734. The second kappa shape index (κ2) is 7.64. The Labute approximate surface area is 166 Å². The van der Waals surface area contributed by atoms with Crippen LogP contribution in [-0.2, 0) is 6.54 Å². The summed E-state index contributed by atoms with van der Waals surface area (Å²) in [5.41, 5.74) is 1.31. The van der Waals surface area contributed by atoms with E-state index in [9.17, 15) is 14.3 Å². The number of ether oxygens (including phenoxy) is 1. The van der Waals surface area contributed by atoms with Crippen molar-refractivity contribution in [1.29, 1.82) is 0 Å². The summed E-state index contributed by atoms with van der Waals surface area (Å²) < 4.78 is 19.6. The van der Waals surface area contributed by atoms with Crippen molar-refractivity contribution in [2.75, 3.05) is 7.11 Å². The molecule has 28 heavy (non-hydrogen) atoms. The largest absolute Gasteiger partial charge is 0.508 e. The van der Waals surface area contributed by atoms with Crippen LogP contribution >= 0.6 is 11.3 Å². The molecule has 0 aliphatic heterocycles. The summed E-state index contributed by atoms with van der Waals surface area (Å²) in [4.78, 5) is 16.2. The number of amides is 1. The number of carbonyl (C=O) groups excluding carboxylic acids is 1. The van der Waals surface area contributed by atoms with Gasteiger partial charge in [-0.2, -0.15) is 0 Å². The number of benzene rings is 2. The van der Waals surface area contributed by atoms with Gasteiger partial charge in [-0.3, -0.25) is 4.79 Å². The minimum Gasteiger partial charge on any atom is -0.508 e. The van der Waals surface area contributed by atoms with Gasteiger partial charge in [0, 0.05) is 23.0 Å². The van der Waals surface area contributed by atoms with Crippen molar-refractivity contribution in [2.24, 2.45) is 0 Å². The first-order valence-electron chi connectivity index (χ1n) is 9.08. The predicted octanol–water partition coefficient (Wildman–Crippen LogP) is 5.07. The Balaban J connectivity index is 1.59. The van der Waals surface area contributed by atoms with Crippen LogP contribution in [0, 0.1) is 5.82 Å². The van der Waals surface area contributed by atoms with Crippen molar-refractivity contribution in [3.05, 3.63) is 70.9 Å². The number of hydrogen-bond acceptors (Lipinski definition) is 4. The van der Waals surface area contributed by atoms with Gasteiger partial charge < -0.3 is 14.7 Å². The first kappa shape index (κ1) is 18.5. The van der Waals surface area contributed by atoms with Gasteiger partial charge >= 0.3 is 0 Å². The number of methoxy groups -OCH3 is 1. The van der Waals surface area contributed by atoms with Crippen LogP contribution in [0.1, 0.15) is 28.1 Å². The van der Waals surface area contributed by atoms with E-state index in [0.717, 1.165) is 18.4 Å². The van der Waals surface area contributed by atoms with Gasteiger partial charge in [0.2, 0.25) is 0 Å². The molecule has 1 aliphatic carbocycles. The number of thiophene rings is 1. The lowest BCUT2D eigenvalue weighted by Crippen LogP contribution is -2.32. The highest BCUT2D eigenvalue weighted by Crippen LogP contribution is 2.36. The third-order valence-electron chi connectivity index (χ3n) is 4.78. The number of phenolic OH excluding ortho intramolecular Hbond substituents is 1. The standard InChI is InChI=1S/C22H20FNO3S/c1-27-18-7-3-6-17(21(18)23)19-10-11-20(28-19)22(26)24(15-8-9-15)13-14-4-2-5-16(25)12-14/h2-7,10-12,15,25H,8-9,13H2,1H3. The van der Waals surface area contributed by atoms with Crippen molar-refractivity contribution in [3.63, 3.8) is 0 Å². The van der Waals surface area contributed by atoms with E-state index in [1.54, 1.807) is 48.5 Å². The lowest BCUT2D eigenvalue weighted by Gasteiger charge is -2.22. The Kier molecular flexibility index (Phi) is 5.05. The van der Waals surface area contributed by atoms with Crippen molar-refractivity contribution < 1.29 is 19.0 Å². The van der Waals surface area contributed by atoms with Crippen LogP contribution in [-0.4, -0.2) is 29.1 Å². The fourth-order valence-corrected chi connectivity index (χ4v) is 4.18. The first-order chi connectivity index (χ1) is 13.6. The molecule has 144 valence electrons. The Hall–Kier alpha value is -2.86. The number of halogens is 1. The summed E-state index contributed by atoms with van der Waals surface area (Å²) in [6.45, 7) is 0.443. The molecule has 0 saturated heterocycles. The maximum Gasteiger partial charge on any atom is 0.264 e. The van der Waals surface area contributed by atoms with Crippen molar-refractivity contribution >= 4 is 17.2 Å². The molecule has 4 nitrogen and oxygen atoms in total. The number of phenols is 1. The molecule has 4 rings (SSSR count). The quantitative estimate of drug-likeness (QED) is 0.632. The van der Waals surface area contributed by atoms with E-state index in [4.69, 9.17) is 4.74 Å². The molecular weight excluding hydrogens is 377 g/mol. The number of nitrogens with zero attached hydrogens (tertiary/aromatic N) is 1. The van der Waals surface area contributed by atoms with Crippen LogP contribution < -0.4 is 4.74 Å². The topological polar surface area (TPSA) is 49.8 Å². The summed E-state index contributed by atoms with van der Waals surface area (Å²) >= 11 is 1.28. The lowest BCUT2D eigenvalue weighted by atomic mass is 10.1. The molecular formula is C22H20FNO3S. The Morgan fingerprint density at radius 3 is 2.71 bits per heavy atom. The van der Waals surface area contributed by atoms with Crippen LogP contribution in [0.15, 0.2) is 54.6 Å². The summed E-state index contributed by atoms with van der Waals surface area (Å²) in [6, 6.07) is 15.7. The van der Waals surface area contributed by atoms with Crippen LogP contribution in [0.5, 0.6) is 11.5 Å². The van der Waals surface area contributed by atoms with Crippen molar-refractivity contribution in [2.45, 2.75) is 25.4 Å². The molecule has 1 N–H and O–H groups in total. The molecule has 1 aromatic heterocycles. The van der Waals surface area contributed by atoms with Crippen molar-refractivity contribution in [1.82, 2.24) is 4.90 Å². The summed E-state index contributed by atoms with van der Waals surface area (Å²) in [7, 11) is 1.43. The SMILES string of the molecule is COc1cccc(-c2ccc(C(=O)N(Cc3cccc(O)c3)C3CC3)s2)c1F. The van der Waals surface area contributed by atoms with Gasteiger partial charge in [-0.05, 0) is 48.7 Å². The summed E-state index contributed by atoms with van der Waals surface area (Å²) in [5, 5.41) is 9.69. The molecule has 1 saturated carbocycles. The Bertz CT molecular complexity index is 1010. The van der Waals surface area contributed by atoms with Crippen LogP contribution in [0.3, 0.4) is 0 Å². The maximum absolute atomic E-state index is 14.6. The molecule has 0 spiro atoms. The van der Waals surface area contributed by atoms with Gasteiger partial charge in [-0.25, -0.2) is 4.39 Å². The zero-order valence-corrected chi connectivity index (χ0v) is 16.2. The number of rotatable bonds is 6. The molecule has 1 heterocycles. The third-order valence-corrected chi connectivity index (χ3v) is 5.88. The molecule has 0 atom stereocenters. The normalized spacial score (nSPS) is 13.4. The summed E-state index contributed by atoms with van der Waals surface area (Å²) in [6.07, 6.45) is 1.96. The average molecular weight is 397 g/mol. The van der Waals surface area contributed by atoms with Gasteiger partial charge in [0.15, 0.2) is 11.6 Å². The van der Waals surface area contributed by atoms with Crippen LogP contribution in [0.25, 0.3) is 10.4 Å². The smallest absolute Gasteiger partial charge is 0.264 e. The van der Waals surface area contributed by atoms with E-state index in [-0.39, 0.29) is 23.4 Å². The highest BCUT2D eigenvalue weighted by molar-refractivity contribution is 7.17. The minimum atomic E-state index is -0.426. The van der Waals surface area contributed by atoms with Gasteiger partial charge in [0.1, 0.15) is 5.75 Å². The average Bonchev–Trinajstić information content (AvgIpc) is 3.42. The Morgan fingerprint density at radius 2 is 2.00 bits per heavy atom. The fourth-order valence-electron chi connectivity index (χ4n) is 3.20. The van der Waals surface area contributed by atoms with Crippen molar-refractivity contribution in [3.8, 4) is 21.9 Å². The molecule has 6 heteroatoms. The number of carbonyl (C=O) groups is 1. The van der Waals surface area contributed by atoms with E-state index in [2.05, 4.69) is 0 Å². The molecule has 3 aromatic rings. The number of aromatic hydroxyl groups is 1. The molecule has 1 fully saturated rings. The van der Waals surface area contributed by atoms with Gasteiger partial charge in [0.05, 0.1) is 12.0 Å². The highest BCUT2D eigenvalue weighted by Gasteiger charge is 2.33. The zero-order chi connectivity index (χ0) is 19.7. The van der Waals surface area contributed by atoms with E-state index in [1.165, 1.54) is 18.4 Å². The van der Waals surface area contributed by atoms with Crippen LogP contribution in [0.4, 0.5) is 4.39 Å².